The van der Waals surface area contributed by atoms with Crippen LogP contribution in [0.15, 0.2) is 34.9 Å². The van der Waals surface area contributed by atoms with Gasteiger partial charge in [0, 0.05) is 38.0 Å². The fourth-order valence-electron chi connectivity index (χ4n) is 3.50. The lowest BCUT2D eigenvalue weighted by atomic mass is 10.2. The molecule has 0 saturated carbocycles. The van der Waals surface area contributed by atoms with Crippen LogP contribution >= 0.6 is 0 Å². The van der Waals surface area contributed by atoms with Crippen LogP contribution in [0.1, 0.15) is 36.6 Å². The summed E-state index contributed by atoms with van der Waals surface area (Å²) in [5, 5.41) is 1.07. The number of hydrogen-bond donors (Lipinski definition) is 0. The first-order chi connectivity index (χ1) is 14.2. The molecule has 0 N–H and O–H groups in total. The lowest BCUT2D eigenvalue weighted by molar-refractivity contribution is 0.0519. The lowest BCUT2D eigenvalue weighted by Gasteiger charge is -2.35. The van der Waals surface area contributed by atoms with Gasteiger partial charge in [-0.1, -0.05) is 19.1 Å². The van der Waals surface area contributed by atoms with E-state index in [9.17, 15) is 4.79 Å². The van der Waals surface area contributed by atoms with Gasteiger partial charge in [-0.3, -0.25) is 0 Å². The third-order valence-electron chi connectivity index (χ3n) is 4.93. The number of aromatic nitrogens is 3. The van der Waals surface area contributed by atoms with E-state index in [1.54, 1.807) is 6.92 Å². The molecule has 4 rings (SSSR count). The molecule has 152 valence electrons. The summed E-state index contributed by atoms with van der Waals surface area (Å²) in [6, 6.07) is 8.60. The monoisotopic (exact) mass is 395 g/mol. The average molecular weight is 395 g/mol. The summed E-state index contributed by atoms with van der Waals surface area (Å²) in [6.07, 6.45) is 3.23. The van der Waals surface area contributed by atoms with Crippen LogP contribution in [0.3, 0.4) is 0 Å². The number of fused-ring (bicyclic) bond motifs is 1. The molecule has 1 aliphatic heterocycles. The highest BCUT2D eigenvalue weighted by molar-refractivity contribution is 5.89. The average Bonchev–Trinajstić information content (AvgIpc) is 3.24. The largest absolute Gasteiger partial charge is 0.461 e. The number of aryl methyl sites for hydroxylation is 1. The summed E-state index contributed by atoms with van der Waals surface area (Å²) in [6.45, 7) is 7.23. The Hall–Kier alpha value is -3.16. The Bertz CT molecular complexity index is 995. The lowest BCUT2D eigenvalue weighted by Crippen LogP contribution is -2.47. The third-order valence-corrected chi connectivity index (χ3v) is 4.93. The molecule has 29 heavy (non-hydrogen) atoms. The molecule has 0 radical (unpaired) electrons. The Kier molecular flexibility index (Phi) is 5.59. The van der Waals surface area contributed by atoms with Gasteiger partial charge < -0.3 is 19.0 Å². The molecule has 0 aliphatic carbocycles. The van der Waals surface area contributed by atoms with Gasteiger partial charge in [-0.25, -0.2) is 14.8 Å². The number of carbonyl (C=O) groups is 1. The molecule has 0 spiro atoms. The van der Waals surface area contributed by atoms with E-state index in [4.69, 9.17) is 19.1 Å². The van der Waals surface area contributed by atoms with Crippen molar-refractivity contribution >= 4 is 28.7 Å². The fraction of sp³-hybridized carbons (Fsp3) is 0.429. The highest BCUT2D eigenvalue weighted by atomic mass is 16.5. The molecule has 0 unspecified atom stereocenters. The standard InChI is InChI=1S/C21H25N5O3/c1-3-7-18-22-16-9-6-5-8-15(16)19(24-18)25-10-12-26(13-11-25)21-23-17(14-29-21)20(27)28-4-2/h5-6,8-9,14H,3-4,7,10-13H2,1-2H3. The molecule has 0 bridgehead atoms. The first kappa shape index (κ1) is 19.2. The van der Waals surface area contributed by atoms with Gasteiger partial charge in [0.2, 0.25) is 0 Å². The molecule has 3 heterocycles. The van der Waals surface area contributed by atoms with Crippen molar-refractivity contribution < 1.29 is 13.9 Å². The smallest absolute Gasteiger partial charge is 0.360 e. The van der Waals surface area contributed by atoms with Gasteiger partial charge in [0.1, 0.15) is 17.9 Å². The number of ether oxygens (including phenoxy) is 1. The van der Waals surface area contributed by atoms with Gasteiger partial charge in [-0.2, -0.15) is 4.98 Å². The first-order valence-corrected chi connectivity index (χ1v) is 10.1. The molecule has 8 heteroatoms. The Labute approximate surface area is 169 Å². The molecule has 1 fully saturated rings. The molecular formula is C21H25N5O3. The summed E-state index contributed by atoms with van der Waals surface area (Å²) in [4.78, 5) is 30.0. The van der Waals surface area contributed by atoms with Gasteiger partial charge in [0.15, 0.2) is 5.69 Å². The van der Waals surface area contributed by atoms with E-state index in [0.717, 1.165) is 61.6 Å². The van der Waals surface area contributed by atoms with Gasteiger partial charge in [0.05, 0.1) is 12.1 Å². The zero-order valence-corrected chi connectivity index (χ0v) is 16.8. The molecule has 2 aromatic heterocycles. The maximum Gasteiger partial charge on any atom is 0.360 e. The van der Waals surface area contributed by atoms with Gasteiger partial charge in [0.25, 0.3) is 6.01 Å². The van der Waals surface area contributed by atoms with Crippen molar-refractivity contribution in [2.45, 2.75) is 26.7 Å². The summed E-state index contributed by atoms with van der Waals surface area (Å²) in [5.41, 5.74) is 1.19. The predicted octanol–water partition coefficient (Wildman–Crippen LogP) is 3.07. The summed E-state index contributed by atoms with van der Waals surface area (Å²) < 4.78 is 10.5. The van der Waals surface area contributed by atoms with Crippen molar-refractivity contribution in [1.29, 1.82) is 0 Å². The number of carbonyl (C=O) groups excluding carboxylic acids is 1. The van der Waals surface area contributed by atoms with Gasteiger partial charge >= 0.3 is 5.97 Å². The highest BCUT2D eigenvalue weighted by Gasteiger charge is 2.24. The fourth-order valence-corrected chi connectivity index (χ4v) is 3.50. The number of anilines is 2. The number of rotatable bonds is 6. The second-order valence-electron chi connectivity index (χ2n) is 6.94. The second-order valence-corrected chi connectivity index (χ2v) is 6.94. The summed E-state index contributed by atoms with van der Waals surface area (Å²) in [7, 11) is 0. The van der Waals surface area contributed by atoms with Crippen molar-refractivity contribution in [3.8, 4) is 0 Å². The maximum atomic E-state index is 11.8. The minimum Gasteiger partial charge on any atom is -0.461 e. The van der Waals surface area contributed by atoms with Crippen LogP contribution in [0, 0.1) is 0 Å². The zero-order chi connectivity index (χ0) is 20.2. The number of para-hydroxylation sites is 1. The van der Waals surface area contributed by atoms with Crippen LogP contribution in [0.5, 0.6) is 0 Å². The topological polar surface area (TPSA) is 84.6 Å². The highest BCUT2D eigenvalue weighted by Crippen LogP contribution is 2.26. The van der Waals surface area contributed by atoms with Crippen LogP contribution in [-0.2, 0) is 11.2 Å². The predicted molar refractivity (Wildman–Crippen MR) is 110 cm³/mol. The van der Waals surface area contributed by atoms with Crippen LogP contribution in [0.25, 0.3) is 10.9 Å². The number of oxazole rings is 1. The van der Waals surface area contributed by atoms with E-state index in [2.05, 4.69) is 22.9 Å². The van der Waals surface area contributed by atoms with E-state index in [1.807, 2.05) is 23.1 Å². The van der Waals surface area contributed by atoms with E-state index < -0.39 is 5.97 Å². The Morgan fingerprint density at radius 3 is 2.59 bits per heavy atom. The van der Waals surface area contributed by atoms with Gasteiger partial charge in [-0.05, 0) is 25.5 Å². The molecule has 1 aliphatic rings. The van der Waals surface area contributed by atoms with Crippen molar-refractivity contribution in [1.82, 2.24) is 15.0 Å². The number of esters is 1. The first-order valence-electron chi connectivity index (χ1n) is 10.1. The number of benzene rings is 1. The van der Waals surface area contributed by atoms with Crippen molar-refractivity contribution in [3.05, 3.63) is 42.0 Å². The molecule has 0 amide bonds. The number of nitrogens with zero attached hydrogens (tertiary/aromatic N) is 5. The van der Waals surface area contributed by atoms with Crippen molar-refractivity contribution in [2.24, 2.45) is 0 Å². The normalized spacial score (nSPS) is 14.4. The Morgan fingerprint density at radius 1 is 1.07 bits per heavy atom. The quantitative estimate of drug-likeness (QED) is 0.589. The van der Waals surface area contributed by atoms with Crippen molar-refractivity contribution in [3.63, 3.8) is 0 Å². The SMILES string of the molecule is CCCc1nc(N2CCN(c3nc(C(=O)OCC)co3)CC2)c2ccccc2n1. The van der Waals surface area contributed by atoms with E-state index in [0.29, 0.717) is 12.6 Å². The Morgan fingerprint density at radius 2 is 1.83 bits per heavy atom. The third kappa shape index (κ3) is 4.01. The molecule has 1 aromatic carbocycles. The van der Waals surface area contributed by atoms with Crippen molar-refractivity contribution in [2.75, 3.05) is 42.6 Å². The minimum absolute atomic E-state index is 0.204. The van der Waals surface area contributed by atoms with E-state index in [1.165, 1.54) is 6.26 Å². The number of hydrogen-bond acceptors (Lipinski definition) is 8. The molecular weight excluding hydrogens is 370 g/mol. The van der Waals surface area contributed by atoms with E-state index in [-0.39, 0.29) is 5.69 Å². The van der Waals surface area contributed by atoms with Crippen LogP contribution < -0.4 is 9.80 Å². The van der Waals surface area contributed by atoms with Crippen LogP contribution in [0.2, 0.25) is 0 Å². The van der Waals surface area contributed by atoms with Crippen LogP contribution in [-0.4, -0.2) is 53.7 Å². The van der Waals surface area contributed by atoms with Gasteiger partial charge in [-0.15, -0.1) is 0 Å². The molecule has 3 aromatic rings. The summed E-state index contributed by atoms with van der Waals surface area (Å²) in [5.74, 6) is 1.41. The molecule has 0 atom stereocenters. The molecule has 8 nitrogen and oxygen atoms in total. The zero-order valence-electron chi connectivity index (χ0n) is 16.8. The second kappa shape index (κ2) is 8.46. The van der Waals surface area contributed by atoms with E-state index >= 15 is 0 Å². The van der Waals surface area contributed by atoms with Crippen LogP contribution in [0.4, 0.5) is 11.8 Å². The Balaban J connectivity index is 1.51. The maximum absolute atomic E-state index is 11.8. The minimum atomic E-state index is -0.461. The molecule has 1 saturated heterocycles. The number of piperazine rings is 1. The summed E-state index contributed by atoms with van der Waals surface area (Å²) >= 11 is 0.